The standard InChI is InChI=1S/C27H41NO8S/c1-18(16-34-26(32)28-13-14-37-17-28)7-6-8-19(2)25-20(3)9-10-23(35-21(4)29)27(5,33)12-11-22(30)15-24(31)36-25/h6-10,18,20,22-23,25,30,33H,11-17H2,1-5H3/b7-6+,10-9+,19-8+/t18-,20+,22-,23-,25+,27-/m1/s1. The Hall–Kier alpha value is -2.30. The molecule has 1 fully saturated rings. The van der Waals surface area contributed by atoms with Crippen molar-refractivity contribution in [2.75, 3.05) is 24.8 Å². The fourth-order valence-corrected chi connectivity index (χ4v) is 4.96. The average molecular weight is 540 g/mol. The van der Waals surface area contributed by atoms with Crippen molar-refractivity contribution >= 4 is 29.8 Å². The number of esters is 2. The number of carbonyl (C=O) groups is 3. The molecule has 9 nitrogen and oxygen atoms in total. The molecule has 2 aliphatic heterocycles. The van der Waals surface area contributed by atoms with E-state index in [9.17, 15) is 24.6 Å². The van der Waals surface area contributed by atoms with Crippen LogP contribution in [0.5, 0.6) is 0 Å². The van der Waals surface area contributed by atoms with Gasteiger partial charge in [0.05, 0.1) is 25.0 Å². The number of allylic oxidation sites excluding steroid dienone is 2. The minimum Gasteiger partial charge on any atom is -0.457 e. The third-order valence-corrected chi connectivity index (χ3v) is 7.31. The number of cyclic esters (lactones) is 1. The summed E-state index contributed by atoms with van der Waals surface area (Å²) in [7, 11) is 0. The van der Waals surface area contributed by atoms with Crippen molar-refractivity contribution in [3.8, 4) is 0 Å². The van der Waals surface area contributed by atoms with Crippen molar-refractivity contribution in [1.82, 2.24) is 4.90 Å². The zero-order valence-corrected chi connectivity index (χ0v) is 23.2. The van der Waals surface area contributed by atoms with E-state index in [-0.39, 0.29) is 43.8 Å². The van der Waals surface area contributed by atoms with Crippen molar-refractivity contribution in [1.29, 1.82) is 0 Å². The van der Waals surface area contributed by atoms with Crippen molar-refractivity contribution in [3.63, 3.8) is 0 Å². The number of hydrogen-bond donors (Lipinski definition) is 2. The first-order valence-electron chi connectivity index (χ1n) is 12.7. The van der Waals surface area contributed by atoms with Crippen LogP contribution in [0.15, 0.2) is 36.0 Å². The smallest absolute Gasteiger partial charge is 0.410 e. The van der Waals surface area contributed by atoms with E-state index in [4.69, 9.17) is 14.2 Å². The molecule has 0 unspecified atom stereocenters. The van der Waals surface area contributed by atoms with Crippen molar-refractivity contribution in [2.24, 2.45) is 11.8 Å². The Labute approximate surface area is 223 Å². The SMILES string of the molecule is CC(=O)O[C@@H]1/C=C/[C@H](C)[C@H](/C(C)=C/C=C/[C@@H](C)COC(=O)N2CCSC2)OC(=O)C[C@H](O)CC[C@@]1(C)O. The number of aliphatic hydroxyl groups excluding tert-OH is 1. The summed E-state index contributed by atoms with van der Waals surface area (Å²) in [5.74, 6) is 0.201. The molecule has 0 bridgehead atoms. The first-order valence-corrected chi connectivity index (χ1v) is 13.8. The monoisotopic (exact) mass is 539 g/mol. The molecule has 0 saturated carbocycles. The van der Waals surface area contributed by atoms with E-state index in [1.807, 2.05) is 39.0 Å². The molecule has 2 N–H and O–H groups in total. The molecule has 0 radical (unpaired) electrons. The number of nitrogens with zero attached hydrogens (tertiary/aromatic N) is 1. The summed E-state index contributed by atoms with van der Waals surface area (Å²) >= 11 is 1.70. The molecule has 0 aliphatic carbocycles. The van der Waals surface area contributed by atoms with Crippen LogP contribution in [-0.4, -0.2) is 81.8 Å². The van der Waals surface area contributed by atoms with Gasteiger partial charge in [0.15, 0.2) is 0 Å². The first kappa shape index (κ1) is 30.9. The molecule has 0 spiro atoms. The highest BCUT2D eigenvalue weighted by Crippen LogP contribution is 2.27. The van der Waals surface area contributed by atoms with Gasteiger partial charge in [0.2, 0.25) is 0 Å². The Kier molecular flexibility index (Phi) is 12.2. The molecule has 1 saturated heterocycles. The molecule has 208 valence electrons. The number of carbonyl (C=O) groups excluding carboxylic acids is 3. The second-order valence-electron chi connectivity index (χ2n) is 10.1. The van der Waals surface area contributed by atoms with Crippen LogP contribution in [0.2, 0.25) is 0 Å². The van der Waals surface area contributed by atoms with Crippen LogP contribution >= 0.6 is 11.8 Å². The third kappa shape index (κ3) is 10.5. The lowest BCUT2D eigenvalue weighted by Gasteiger charge is -2.32. The van der Waals surface area contributed by atoms with E-state index in [0.717, 1.165) is 11.3 Å². The molecule has 0 aromatic carbocycles. The summed E-state index contributed by atoms with van der Waals surface area (Å²) < 4.78 is 16.5. The Balaban J connectivity index is 2.12. The maximum absolute atomic E-state index is 12.5. The van der Waals surface area contributed by atoms with Crippen LogP contribution in [0.4, 0.5) is 4.79 Å². The Morgan fingerprint density at radius 3 is 2.73 bits per heavy atom. The molecule has 2 aliphatic rings. The van der Waals surface area contributed by atoms with Crippen LogP contribution in [0, 0.1) is 11.8 Å². The molecule has 10 heteroatoms. The van der Waals surface area contributed by atoms with Gasteiger partial charge in [-0.1, -0.05) is 38.2 Å². The summed E-state index contributed by atoms with van der Waals surface area (Å²) in [5.41, 5.74) is -0.648. The number of ether oxygens (including phenoxy) is 3. The van der Waals surface area contributed by atoms with E-state index in [1.165, 1.54) is 6.92 Å². The van der Waals surface area contributed by atoms with Gasteiger partial charge in [0.25, 0.3) is 0 Å². The first-order chi connectivity index (χ1) is 17.4. The quantitative estimate of drug-likeness (QED) is 0.226. The molecule has 1 amide bonds. The Morgan fingerprint density at radius 1 is 1.35 bits per heavy atom. The summed E-state index contributed by atoms with van der Waals surface area (Å²) in [5, 5.41) is 21.2. The van der Waals surface area contributed by atoms with Gasteiger partial charge in [-0.3, -0.25) is 14.5 Å². The fraction of sp³-hybridized carbons (Fsp3) is 0.667. The topological polar surface area (TPSA) is 123 Å². The fourth-order valence-electron chi connectivity index (χ4n) is 4.03. The molecule has 2 rings (SSSR count). The Morgan fingerprint density at radius 2 is 2.08 bits per heavy atom. The minimum absolute atomic E-state index is 0.0127. The van der Waals surface area contributed by atoms with Gasteiger partial charge < -0.3 is 24.4 Å². The van der Waals surface area contributed by atoms with E-state index >= 15 is 0 Å². The van der Waals surface area contributed by atoms with E-state index in [0.29, 0.717) is 12.4 Å². The lowest BCUT2D eigenvalue weighted by molar-refractivity contribution is -0.157. The normalized spacial score (nSPS) is 31.7. The Bertz CT molecular complexity index is 878. The maximum Gasteiger partial charge on any atom is 0.410 e. The summed E-state index contributed by atoms with van der Waals surface area (Å²) in [6.07, 6.45) is 6.17. The van der Waals surface area contributed by atoms with E-state index in [2.05, 4.69) is 0 Å². The van der Waals surface area contributed by atoms with Crippen molar-refractivity contribution in [3.05, 3.63) is 36.0 Å². The third-order valence-electron chi connectivity index (χ3n) is 6.35. The van der Waals surface area contributed by atoms with E-state index < -0.39 is 35.9 Å². The zero-order valence-electron chi connectivity index (χ0n) is 22.4. The highest BCUT2D eigenvalue weighted by Gasteiger charge is 2.35. The number of aliphatic hydroxyl groups is 2. The van der Waals surface area contributed by atoms with Gasteiger partial charge in [-0.2, -0.15) is 0 Å². The summed E-state index contributed by atoms with van der Waals surface area (Å²) in [6, 6.07) is 0. The number of hydrogen-bond acceptors (Lipinski definition) is 9. The molecular weight excluding hydrogens is 498 g/mol. The maximum atomic E-state index is 12.5. The van der Waals surface area contributed by atoms with Crippen molar-refractivity contribution < 1.29 is 38.8 Å². The van der Waals surface area contributed by atoms with Gasteiger partial charge in [0.1, 0.15) is 17.8 Å². The number of thioether (sulfide) groups is 1. The lowest BCUT2D eigenvalue weighted by Crippen LogP contribution is -2.42. The predicted octanol–water partition coefficient (Wildman–Crippen LogP) is 3.60. The van der Waals surface area contributed by atoms with Gasteiger partial charge in [0, 0.05) is 31.1 Å². The van der Waals surface area contributed by atoms with Gasteiger partial charge >= 0.3 is 18.0 Å². The van der Waals surface area contributed by atoms with Gasteiger partial charge in [-0.05, 0) is 38.3 Å². The van der Waals surface area contributed by atoms with Crippen molar-refractivity contribution in [2.45, 2.75) is 77.8 Å². The number of amides is 1. The second-order valence-corrected chi connectivity index (χ2v) is 11.2. The van der Waals surface area contributed by atoms with Crippen LogP contribution in [0.25, 0.3) is 0 Å². The number of rotatable bonds is 6. The summed E-state index contributed by atoms with van der Waals surface area (Å²) in [4.78, 5) is 37.9. The van der Waals surface area contributed by atoms with Crippen LogP contribution < -0.4 is 0 Å². The summed E-state index contributed by atoms with van der Waals surface area (Å²) in [6.45, 7) is 9.42. The molecule has 6 atom stereocenters. The van der Waals surface area contributed by atoms with Gasteiger partial charge in [-0.25, -0.2) is 4.79 Å². The van der Waals surface area contributed by atoms with Crippen LogP contribution in [0.3, 0.4) is 0 Å². The molecule has 2 heterocycles. The molecular formula is C27H41NO8S. The van der Waals surface area contributed by atoms with Crippen LogP contribution in [0.1, 0.15) is 53.9 Å². The molecule has 0 aromatic rings. The molecule has 37 heavy (non-hydrogen) atoms. The second kappa shape index (κ2) is 14.6. The molecule has 0 aromatic heterocycles. The van der Waals surface area contributed by atoms with Crippen LogP contribution in [-0.2, 0) is 23.8 Å². The zero-order chi connectivity index (χ0) is 27.6. The van der Waals surface area contributed by atoms with E-state index in [1.54, 1.807) is 35.7 Å². The highest BCUT2D eigenvalue weighted by molar-refractivity contribution is 7.99. The highest BCUT2D eigenvalue weighted by atomic mass is 32.2. The minimum atomic E-state index is -1.41. The van der Waals surface area contributed by atoms with Gasteiger partial charge in [-0.15, -0.1) is 11.8 Å². The lowest BCUT2D eigenvalue weighted by atomic mass is 9.88. The average Bonchev–Trinajstić information content (AvgIpc) is 3.36. The predicted molar refractivity (Wildman–Crippen MR) is 142 cm³/mol. The largest absolute Gasteiger partial charge is 0.457 e.